The molecule has 1 amide bonds. The Morgan fingerprint density at radius 1 is 1.45 bits per heavy atom. The summed E-state index contributed by atoms with van der Waals surface area (Å²) < 4.78 is 15.8. The van der Waals surface area contributed by atoms with Crippen molar-refractivity contribution in [1.29, 1.82) is 0 Å². The largest absolute Gasteiger partial charge is 0.454 e. The second-order valence-electron chi connectivity index (χ2n) is 5.12. The number of carbonyl (C=O) groups is 1. The molecule has 0 bridgehead atoms. The van der Waals surface area contributed by atoms with E-state index in [0.29, 0.717) is 30.1 Å². The van der Waals surface area contributed by atoms with Crippen LogP contribution in [-0.4, -0.2) is 42.7 Å². The van der Waals surface area contributed by atoms with Gasteiger partial charge >= 0.3 is 0 Å². The summed E-state index contributed by atoms with van der Waals surface area (Å²) in [5, 5.41) is 13.1. The predicted molar refractivity (Wildman–Crippen MR) is 69.9 cm³/mol. The molecule has 0 aliphatic carbocycles. The molecule has 0 saturated carbocycles. The van der Waals surface area contributed by atoms with Gasteiger partial charge in [-0.2, -0.15) is 0 Å². The smallest absolute Gasteiger partial charge is 0.251 e. The molecular weight excluding hydrogens is 262 g/mol. The first-order chi connectivity index (χ1) is 9.58. The predicted octanol–water partition coefficient (Wildman–Crippen LogP) is 0.685. The van der Waals surface area contributed by atoms with Crippen LogP contribution in [0.4, 0.5) is 0 Å². The van der Waals surface area contributed by atoms with Crippen LogP contribution in [0, 0.1) is 0 Å². The zero-order valence-electron chi connectivity index (χ0n) is 11.2. The van der Waals surface area contributed by atoms with Crippen LogP contribution >= 0.6 is 0 Å². The number of fused-ring (bicyclic) bond motifs is 1. The number of rotatable bonds is 3. The minimum Gasteiger partial charge on any atom is -0.454 e. The number of nitrogens with one attached hydrogen (secondary N) is 1. The molecule has 1 aromatic rings. The van der Waals surface area contributed by atoms with E-state index in [1.165, 1.54) is 0 Å². The highest BCUT2D eigenvalue weighted by molar-refractivity contribution is 5.95. The molecule has 2 atom stereocenters. The van der Waals surface area contributed by atoms with Crippen LogP contribution in [0.15, 0.2) is 18.2 Å². The molecule has 2 aliphatic heterocycles. The maximum Gasteiger partial charge on any atom is 0.251 e. The average Bonchev–Trinajstić information content (AvgIpc) is 3.03. The van der Waals surface area contributed by atoms with Crippen LogP contribution in [0.25, 0.3) is 0 Å². The van der Waals surface area contributed by atoms with Gasteiger partial charge in [0, 0.05) is 25.1 Å². The van der Waals surface area contributed by atoms with Gasteiger partial charge in [-0.15, -0.1) is 0 Å². The molecule has 1 aromatic carbocycles. The Kier molecular flexibility index (Phi) is 3.27. The quantitative estimate of drug-likeness (QED) is 0.851. The molecule has 0 spiro atoms. The fraction of sp³-hybridized carbons (Fsp3) is 0.500. The lowest BCUT2D eigenvalue weighted by atomic mass is 9.96. The molecule has 2 heterocycles. The highest BCUT2D eigenvalue weighted by atomic mass is 16.7. The highest BCUT2D eigenvalue weighted by Crippen LogP contribution is 2.32. The summed E-state index contributed by atoms with van der Waals surface area (Å²) in [5.74, 6) is 0.947. The Balaban J connectivity index is 1.65. The third-order valence-corrected chi connectivity index (χ3v) is 3.85. The minimum absolute atomic E-state index is 0.168. The lowest BCUT2D eigenvalue weighted by Crippen LogP contribution is -2.47. The van der Waals surface area contributed by atoms with Gasteiger partial charge in [-0.1, -0.05) is 0 Å². The number of ether oxygens (including phenoxy) is 3. The van der Waals surface area contributed by atoms with Crippen LogP contribution in [0.1, 0.15) is 23.7 Å². The van der Waals surface area contributed by atoms with Crippen molar-refractivity contribution < 1.29 is 24.1 Å². The molecule has 108 valence electrons. The Bertz CT molecular complexity index is 532. The van der Waals surface area contributed by atoms with E-state index in [1.807, 2.05) is 0 Å². The van der Waals surface area contributed by atoms with E-state index in [-0.39, 0.29) is 25.3 Å². The summed E-state index contributed by atoms with van der Waals surface area (Å²) in [6.07, 6.45) is 0.245. The zero-order valence-corrected chi connectivity index (χ0v) is 11.2. The highest BCUT2D eigenvalue weighted by Gasteiger charge is 2.39. The number of benzene rings is 1. The summed E-state index contributed by atoms with van der Waals surface area (Å²) in [7, 11) is 0. The second-order valence-corrected chi connectivity index (χ2v) is 5.12. The van der Waals surface area contributed by atoms with Gasteiger partial charge in [-0.25, -0.2) is 0 Å². The third-order valence-electron chi connectivity index (χ3n) is 3.85. The van der Waals surface area contributed by atoms with Crippen molar-refractivity contribution in [3.8, 4) is 11.5 Å². The molecular formula is C14H17NO5. The molecule has 1 saturated heterocycles. The molecule has 2 aliphatic rings. The number of amides is 1. The van der Waals surface area contributed by atoms with E-state index in [9.17, 15) is 9.90 Å². The van der Waals surface area contributed by atoms with Gasteiger partial charge in [-0.3, -0.25) is 4.79 Å². The topological polar surface area (TPSA) is 77.0 Å². The molecule has 0 aromatic heterocycles. The van der Waals surface area contributed by atoms with Crippen LogP contribution in [-0.2, 0) is 4.74 Å². The molecule has 3 rings (SSSR count). The minimum atomic E-state index is -0.994. The Morgan fingerprint density at radius 2 is 2.25 bits per heavy atom. The van der Waals surface area contributed by atoms with Crippen molar-refractivity contribution in [3.05, 3.63) is 23.8 Å². The Labute approximate surface area is 116 Å². The van der Waals surface area contributed by atoms with Crippen molar-refractivity contribution >= 4 is 5.91 Å². The van der Waals surface area contributed by atoms with Gasteiger partial charge in [0.2, 0.25) is 6.79 Å². The van der Waals surface area contributed by atoms with Crippen molar-refractivity contribution in [2.75, 3.05) is 19.9 Å². The van der Waals surface area contributed by atoms with E-state index in [0.717, 1.165) is 0 Å². The first kappa shape index (κ1) is 13.2. The fourth-order valence-electron chi connectivity index (χ4n) is 2.38. The zero-order chi connectivity index (χ0) is 14.2. The van der Waals surface area contributed by atoms with Crippen molar-refractivity contribution in [2.45, 2.75) is 25.0 Å². The van der Waals surface area contributed by atoms with E-state index in [4.69, 9.17) is 14.2 Å². The lowest BCUT2D eigenvalue weighted by Gasteiger charge is -2.26. The number of hydrogen-bond acceptors (Lipinski definition) is 5. The van der Waals surface area contributed by atoms with Gasteiger partial charge in [-0.05, 0) is 25.1 Å². The summed E-state index contributed by atoms with van der Waals surface area (Å²) in [4.78, 5) is 12.1. The van der Waals surface area contributed by atoms with Gasteiger partial charge in [0.1, 0.15) is 5.60 Å². The van der Waals surface area contributed by atoms with E-state index in [1.54, 1.807) is 25.1 Å². The fourth-order valence-corrected chi connectivity index (χ4v) is 2.38. The first-order valence-corrected chi connectivity index (χ1v) is 6.60. The summed E-state index contributed by atoms with van der Waals surface area (Å²) in [6.45, 7) is 2.66. The normalized spacial score (nSPS) is 27.6. The maximum absolute atomic E-state index is 12.1. The van der Waals surface area contributed by atoms with Gasteiger partial charge in [0.15, 0.2) is 11.5 Å². The molecule has 6 heteroatoms. The summed E-state index contributed by atoms with van der Waals surface area (Å²) >= 11 is 0. The van der Waals surface area contributed by atoms with Gasteiger partial charge < -0.3 is 24.6 Å². The Hall–Kier alpha value is -1.79. The molecule has 6 nitrogen and oxygen atoms in total. The summed E-state index contributed by atoms with van der Waals surface area (Å²) in [5.41, 5.74) is -0.518. The van der Waals surface area contributed by atoms with Gasteiger partial charge in [0.05, 0.1) is 6.10 Å². The van der Waals surface area contributed by atoms with Gasteiger partial charge in [0.25, 0.3) is 5.91 Å². The summed E-state index contributed by atoms with van der Waals surface area (Å²) in [6, 6.07) is 5.00. The van der Waals surface area contributed by atoms with Crippen LogP contribution < -0.4 is 14.8 Å². The maximum atomic E-state index is 12.1. The van der Waals surface area contributed by atoms with E-state index < -0.39 is 5.60 Å². The number of carbonyl (C=O) groups excluding carboxylic acids is 1. The van der Waals surface area contributed by atoms with E-state index in [2.05, 4.69) is 5.32 Å². The monoisotopic (exact) mass is 279 g/mol. The number of hydrogen-bond donors (Lipinski definition) is 2. The van der Waals surface area contributed by atoms with Crippen molar-refractivity contribution in [3.63, 3.8) is 0 Å². The van der Waals surface area contributed by atoms with Crippen LogP contribution in [0.2, 0.25) is 0 Å². The second kappa shape index (κ2) is 4.96. The standard InChI is InChI=1S/C14H17NO5/c1-9-14(17,4-5-18-9)7-15-13(16)10-2-3-11-12(6-10)20-8-19-11/h2-3,6,9,17H,4-5,7-8H2,1H3,(H,15,16). The molecule has 0 radical (unpaired) electrons. The first-order valence-electron chi connectivity index (χ1n) is 6.60. The Morgan fingerprint density at radius 3 is 3.00 bits per heavy atom. The van der Waals surface area contributed by atoms with Crippen molar-refractivity contribution in [1.82, 2.24) is 5.32 Å². The average molecular weight is 279 g/mol. The molecule has 20 heavy (non-hydrogen) atoms. The third kappa shape index (κ3) is 2.32. The SMILES string of the molecule is CC1OCCC1(O)CNC(=O)c1ccc2c(c1)OCO2. The number of aliphatic hydroxyl groups is 1. The van der Waals surface area contributed by atoms with Crippen molar-refractivity contribution in [2.24, 2.45) is 0 Å². The molecule has 2 N–H and O–H groups in total. The van der Waals surface area contributed by atoms with Crippen LogP contribution in [0.3, 0.4) is 0 Å². The van der Waals surface area contributed by atoms with E-state index >= 15 is 0 Å². The molecule has 2 unspecified atom stereocenters. The molecule has 1 fully saturated rings. The van der Waals surface area contributed by atoms with Crippen LogP contribution in [0.5, 0.6) is 11.5 Å². The lowest BCUT2D eigenvalue weighted by molar-refractivity contribution is -0.0251.